The SMILES string of the molecule is CNS(=O)(=O)c1ccc(Cl)c(C(=O)OCc2csc(NC(C)=O)n2)c1. The number of hydrogen-bond acceptors (Lipinski definition) is 7. The number of ether oxygens (including phenoxy) is 1. The first-order chi connectivity index (χ1) is 11.7. The molecule has 134 valence electrons. The van der Waals surface area contributed by atoms with E-state index < -0.39 is 16.0 Å². The van der Waals surface area contributed by atoms with Gasteiger partial charge in [-0.15, -0.1) is 11.3 Å². The maximum atomic E-state index is 12.2. The summed E-state index contributed by atoms with van der Waals surface area (Å²) in [7, 11) is -2.45. The number of halogens is 1. The molecule has 0 saturated carbocycles. The van der Waals surface area contributed by atoms with Gasteiger partial charge in [0.2, 0.25) is 15.9 Å². The largest absolute Gasteiger partial charge is 0.456 e. The summed E-state index contributed by atoms with van der Waals surface area (Å²) in [5, 5.41) is 4.60. The maximum absolute atomic E-state index is 12.2. The number of nitrogens with zero attached hydrogens (tertiary/aromatic N) is 1. The van der Waals surface area contributed by atoms with Crippen LogP contribution in [0.4, 0.5) is 5.13 Å². The molecule has 1 amide bonds. The number of esters is 1. The van der Waals surface area contributed by atoms with Crippen molar-refractivity contribution in [1.29, 1.82) is 0 Å². The zero-order chi connectivity index (χ0) is 18.6. The Bertz CT molecular complexity index is 911. The molecule has 0 unspecified atom stereocenters. The lowest BCUT2D eigenvalue weighted by molar-refractivity contribution is -0.114. The second-order valence-electron chi connectivity index (χ2n) is 4.75. The Balaban J connectivity index is 2.12. The summed E-state index contributed by atoms with van der Waals surface area (Å²) in [5.41, 5.74) is 0.368. The third kappa shape index (κ3) is 4.98. The van der Waals surface area contributed by atoms with E-state index in [1.807, 2.05) is 0 Å². The number of hydrogen-bond donors (Lipinski definition) is 2. The molecule has 0 bridgehead atoms. The number of aromatic nitrogens is 1. The predicted octanol–water partition coefficient (Wildman–Crippen LogP) is 2.02. The molecule has 0 atom stereocenters. The van der Waals surface area contributed by atoms with Crippen LogP contribution in [-0.2, 0) is 26.2 Å². The molecular weight excluding hydrogens is 390 g/mol. The Hall–Kier alpha value is -2.01. The van der Waals surface area contributed by atoms with Crippen molar-refractivity contribution in [2.75, 3.05) is 12.4 Å². The average molecular weight is 404 g/mol. The van der Waals surface area contributed by atoms with Gasteiger partial charge in [0.1, 0.15) is 6.61 Å². The number of amides is 1. The fraction of sp³-hybridized carbons (Fsp3) is 0.214. The van der Waals surface area contributed by atoms with Crippen molar-refractivity contribution in [2.45, 2.75) is 18.4 Å². The van der Waals surface area contributed by atoms with Gasteiger partial charge in [0.15, 0.2) is 5.13 Å². The monoisotopic (exact) mass is 403 g/mol. The van der Waals surface area contributed by atoms with Gasteiger partial charge in [0.05, 0.1) is 21.2 Å². The molecule has 0 saturated heterocycles. The van der Waals surface area contributed by atoms with E-state index in [0.29, 0.717) is 10.8 Å². The Morgan fingerprint density at radius 2 is 2.08 bits per heavy atom. The molecule has 0 spiro atoms. The molecule has 1 aromatic carbocycles. The molecular formula is C14H14ClN3O5S2. The van der Waals surface area contributed by atoms with E-state index in [1.165, 1.54) is 37.4 Å². The molecule has 2 aromatic rings. The zero-order valence-electron chi connectivity index (χ0n) is 13.2. The van der Waals surface area contributed by atoms with Gasteiger partial charge in [0, 0.05) is 12.3 Å². The number of nitrogens with one attached hydrogen (secondary N) is 2. The Morgan fingerprint density at radius 1 is 1.36 bits per heavy atom. The van der Waals surface area contributed by atoms with Crippen LogP contribution in [0.2, 0.25) is 5.02 Å². The van der Waals surface area contributed by atoms with E-state index in [2.05, 4.69) is 15.0 Å². The quantitative estimate of drug-likeness (QED) is 0.713. The van der Waals surface area contributed by atoms with Crippen molar-refractivity contribution < 1.29 is 22.7 Å². The molecule has 25 heavy (non-hydrogen) atoms. The minimum Gasteiger partial charge on any atom is -0.456 e. The summed E-state index contributed by atoms with van der Waals surface area (Å²) in [4.78, 5) is 27.1. The molecule has 11 heteroatoms. The third-order valence-corrected chi connectivity index (χ3v) is 5.47. The molecule has 0 radical (unpaired) electrons. The molecule has 0 aliphatic carbocycles. The first-order valence-electron chi connectivity index (χ1n) is 6.85. The van der Waals surface area contributed by atoms with E-state index >= 15 is 0 Å². The van der Waals surface area contributed by atoms with Crippen molar-refractivity contribution in [3.63, 3.8) is 0 Å². The minimum atomic E-state index is -3.71. The lowest BCUT2D eigenvalue weighted by atomic mass is 10.2. The molecule has 2 N–H and O–H groups in total. The van der Waals surface area contributed by atoms with Crippen LogP contribution in [0, 0.1) is 0 Å². The van der Waals surface area contributed by atoms with Crippen LogP contribution in [0.3, 0.4) is 0 Å². The van der Waals surface area contributed by atoms with E-state index in [-0.39, 0.29) is 28.0 Å². The van der Waals surface area contributed by atoms with Crippen molar-refractivity contribution >= 4 is 50.0 Å². The van der Waals surface area contributed by atoms with Crippen LogP contribution in [0.25, 0.3) is 0 Å². The maximum Gasteiger partial charge on any atom is 0.340 e. The summed E-state index contributed by atoms with van der Waals surface area (Å²) in [6, 6.07) is 3.73. The van der Waals surface area contributed by atoms with Gasteiger partial charge in [0.25, 0.3) is 0 Å². The topological polar surface area (TPSA) is 114 Å². The smallest absolute Gasteiger partial charge is 0.340 e. The normalized spacial score (nSPS) is 11.2. The van der Waals surface area contributed by atoms with Gasteiger partial charge >= 0.3 is 5.97 Å². The number of sulfonamides is 1. The summed E-state index contributed by atoms with van der Waals surface area (Å²) >= 11 is 7.14. The van der Waals surface area contributed by atoms with Crippen LogP contribution in [0.5, 0.6) is 0 Å². The summed E-state index contributed by atoms with van der Waals surface area (Å²) in [6.45, 7) is 1.21. The minimum absolute atomic E-state index is 0.0669. The summed E-state index contributed by atoms with van der Waals surface area (Å²) in [5.74, 6) is -1.04. The fourth-order valence-electron chi connectivity index (χ4n) is 1.74. The Labute approximate surface area is 153 Å². The highest BCUT2D eigenvalue weighted by Gasteiger charge is 2.18. The highest BCUT2D eigenvalue weighted by atomic mass is 35.5. The number of carbonyl (C=O) groups is 2. The predicted molar refractivity (Wildman–Crippen MR) is 93.2 cm³/mol. The molecule has 2 rings (SSSR count). The summed E-state index contributed by atoms with van der Waals surface area (Å²) < 4.78 is 30.9. The van der Waals surface area contributed by atoms with Crippen molar-refractivity contribution in [1.82, 2.24) is 9.71 Å². The first-order valence-corrected chi connectivity index (χ1v) is 9.59. The van der Waals surface area contributed by atoms with Gasteiger partial charge in [-0.2, -0.15) is 0 Å². The number of rotatable bonds is 6. The number of thiazole rings is 1. The highest BCUT2D eigenvalue weighted by molar-refractivity contribution is 7.89. The van der Waals surface area contributed by atoms with E-state index in [1.54, 1.807) is 5.38 Å². The van der Waals surface area contributed by atoms with E-state index in [4.69, 9.17) is 16.3 Å². The second kappa shape index (κ2) is 7.91. The van der Waals surface area contributed by atoms with Gasteiger partial charge in [-0.1, -0.05) is 11.6 Å². The van der Waals surface area contributed by atoms with Crippen LogP contribution in [-0.4, -0.2) is 32.3 Å². The molecule has 0 fully saturated rings. The van der Waals surface area contributed by atoms with Gasteiger partial charge in [-0.05, 0) is 25.2 Å². The number of carbonyl (C=O) groups excluding carboxylic acids is 2. The van der Waals surface area contributed by atoms with Crippen LogP contribution < -0.4 is 10.0 Å². The first kappa shape index (κ1) is 19.3. The van der Waals surface area contributed by atoms with Gasteiger partial charge in [-0.25, -0.2) is 22.9 Å². The Kier molecular flexibility index (Phi) is 6.11. The van der Waals surface area contributed by atoms with E-state index in [9.17, 15) is 18.0 Å². The van der Waals surface area contributed by atoms with Crippen molar-refractivity contribution in [3.05, 3.63) is 39.9 Å². The van der Waals surface area contributed by atoms with Gasteiger partial charge in [-0.3, -0.25) is 4.79 Å². The molecule has 1 heterocycles. The average Bonchev–Trinajstić information content (AvgIpc) is 2.99. The molecule has 1 aromatic heterocycles. The highest BCUT2D eigenvalue weighted by Crippen LogP contribution is 2.22. The van der Waals surface area contributed by atoms with Crippen LogP contribution >= 0.6 is 22.9 Å². The van der Waals surface area contributed by atoms with Crippen LogP contribution in [0.1, 0.15) is 23.0 Å². The number of benzene rings is 1. The molecule has 0 aliphatic heterocycles. The van der Waals surface area contributed by atoms with Crippen molar-refractivity contribution in [2.24, 2.45) is 0 Å². The van der Waals surface area contributed by atoms with Crippen LogP contribution in [0.15, 0.2) is 28.5 Å². The standard InChI is InChI=1S/C14H14ClN3O5S2/c1-8(19)17-14-18-9(7-24-14)6-23-13(20)11-5-10(3-4-12(11)15)25(21,22)16-2/h3-5,7,16H,6H2,1-2H3,(H,17,18,19). The van der Waals surface area contributed by atoms with Crippen molar-refractivity contribution in [3.8, 4) is 0 Å². The fourth-order valence-corrected chi connectivity index (χ4v) is 3.44. The third-order valence-electron chi connectivity index (χ3n) is 2.92. The van der Waals surface area contributed by atoms with Gasteiger partial charge < -0.3 is 10.1 Å². The Morgan fingerprint density at radius 3 is 2.72 bits per heavy atom. The van der Waals surface area contributed by atoms with E-state index in [0.717, 1.165) is 6.07 Å². The lowest BCUT2D eigenvalue weighted by Gasteiger charge is -2.08. The lowest BCUT2D eigenvalue weighted by Crippen LogP contribution is -2.19. The zero-order valence-corrected chi connectivity index (χ0v) is 15.6. The number of anilines is 1. The molecule has 8 nitrogen and oxygen atoms in total. The molecule has 0 aliphatic rings. The summed E-state index contributed by atoms with van der Waals surface area (Å²) in [6.07, 6.45) is 0. The second-order valence-corrected chi connectivity index (χ2v) is 7.90.